The van der Waals surface area contributed by atoms with E-state index in [1.165, 1.54) is 4.57 Å². The van der Waals surface area contributed by atoms with Crippen LogP contribution in [-0.2, 0) is 22.4 Å². The molecule has 49 heavy (non-hydrogen) atoms. The second kappa shape index (κ2) is 12.6. The molecule has 0 saturated heterocycles. The molecule has 256 valence electrons. The van der Waals surface area contributed by atoms with Crippen LogP contribution in [-0.4, -0.2) is 56.1 Å². The monoisotopic (exact) mass is 666 g/mol. The summed E-state index contributed by atoms with van der Waals surface area (Å²) in [6.45, 7) is 11.0. The lowest BCUT2D eigenvalue weighted by Crippen LogP contribution is -2.50. The molecule has 2 atom stereocenters. The Morgan fingerprint density at radius 1 is 0.837 bits per heavy atom. The van der Waals surface area contributed by atoms with E-state index in [4.69, 9.17) is 14.2 Å². The summed E-state index contributed by atoms with van der Waals surface area (Å²) in [5, 5.41) is 3.51. The van der Waals surface area contributed by atoms with Gasteiger partial charge in [-0.3, -0.25) is 13.9 Å². The van der Waals surface area contributed by atoms with E-state index in [1.54, 1.807) is 95.8 Å². The molecule has 0 saturated carbocycles. The normalized spacial score (nSPS) is 14.3. The van der Waals surface area contributed by atoms with Gasteiger partial charge in [0.2, 0.25) is 0 Å². The number of alkyl carbamates (subject to hydrolysis) is 1. The number of nitrogens with zero attached hydrogens (tertiary/aromatic N) is 3. The maximum Gasteiger partial charge on any atom is 0.419 e. The van der Waals surface area contributed by atoms with Gasteiger partial charge in [-0.2, -0.15) is 0 Å². The Morgan fingerprint density at radius 3 is 2.18 bits per heavy atom. The lowest BCUT2D eigenvalue weighted by molar-refractivity contribution is 0.0474. The van der Waals surface area contributed by atoms with Gasteiger partial charge in [-0.05, 0) is 95.3 Å². The molecule has 1 N–H and O–H groups in total. The van der Waals surface area contributed by atoms with Crippen LogP contribution >= 0.6 is 0 Å². The van der Waals surface area contributed by atoms with Crippen LogP contribution in [0, 0.1) is 0 Å². The van der Waals surface area contributed by atoms with Crippen molar-refractivity contribution < 1.29 is 28.6 Å². The highest BCUT2D eigenvalue weighted by molar-refractivity contribution is 5.98. The Kier molecular flexibility index (Phi) is 8.64. The molecular weight excluding hydrogens is 624 g/mol. The van der Waals surface area contributed by atoms with Crippen LogP contribution in [0.25, 0.3) is 21.9 Å². The van der Waals surface area contributed by atoms with Crippen molar-refractivity contribution >= 4 is 40.0 Å². The van der Waals surface area contributed by atoms with Crippen molar-refractivity contribution in [1.82, 2.24) is 19.0 Å². The summed E-state index contributed by atoms with van der Waals surface area (Å²) in [6.07, 6.45) is 1.76. The average Bonchev–Trinajstić information content (AvgIpc) is 3.56. The Hall–Kier alpha value is -5.32. The Morgan fingerprint density at radius 2 is 1.51 bits per heavy atom. The zero-order valence-corrected chi connectivity index (χ0v) is 28.9. The third-order valence-corrected chi connectivity index (χ3v) is 8.49. The summed E-state index contributed by atoms with van der Waals surface area (Å²) in [5.41, 5.74) is 1.78. The molecule has 0 radical (unpaired) electrons. The molecular formula is C38H42N4O7. The van der Waals surface area contributed by atoms with Crippen LogP contribution in [0.5, 0.6) is 5.75 Å². The zero-order valence-electron chi connectivity index (χ0n) is 28.9. The second-order valence-electron chi connectivity index (χ2n) is 14.3. The fourth-order valence-electron chi connectivity index (χ4n) is 6.58. The predicted octanol–water partition coefficient (Wildman–Crippen LogP) is 6.86. The smallest absolute Gasteiger partial charge is 0.419 e. The maximum atomic E-state index is 15.1. The van der Waals surface area contributed by atoms with Crippen molar-refractivity contribution in [3.8, 4) is 5.75 Å². The third kappa shape index (κ3) is 6.57. The van der Waals surface area contributed by atoms with Gasteiger partial charge in [0.1, 0.15) is 23.0 Å². The number of benzene rings is 3. The van der Waals surface area contributed by atoms with Crippen LogP contribution in [0.15, 0.2) is 77.7 Å². The van der Waals surface area contributed by atoms with Crippen LogP contribution in [0.1, 0.15) is 75.4 Å². The van der Waals surface area contributed by atoms with Crippen molar-refractivity contribution in [2.75, 3.05) is 7.11 Å². The topological polar surface area (TPSA) is 123 Å². The van der Waals surface area contributed by atoms with Crippen LogP contribution in [0.4, 0.5) is 9.59 Å². The van der Waals surface area contributed by atoms with E-state index in [0.717, 1.165) is 23.0 Å². The van der Waals surface area contributed by atoms with Gasteiger partial charge in [0, 0.05) is 24.0 Å². The molecule has 0 fully saturated rings. The first-order valence-electron chi connectivity index (χ1n) is 16.4. The first kappa shape index (κ1) is 33.6. The molecule has 6 rings (SSSR count). The van der Waals surface area contributed by atoms with Crippen molar-refractivity contribution in [2.24, 2.45) is 0 Å². The number of ether oxygens (including phenoxy) is 3. The van der Waals surface area contributed by atoms with E-state index in [0.29, 0.717) is 45.4 Å². The predicted molar refractivity (Wildman–Crippen MR) is 187 cm³/mol. The SMILES string of the molecule is COc1ccc([C@@H](c2cn(C(=O)OC(C)(C)C)c3ccccc23)[C@H](NC(=O)OC(C)(C)C)C(=O)n2c(=O)n3c4c(cccc42)CCC3)cc1. The molecule has 1 aliphatic heterocycles. The second-order valence-corrected chi connectivity index (χ2v) is 14.3. The number of aromatic nitrogens is 3. The molecule has 0 bridgehead atoms. The number of hydrogen-bond donors (Lipinski definition) is 1. The summed E-state index contributed by atoms with van der Waals surface area (Å²) < 4.78 is 21.1. The number of imidazole rings is 1. The van der Waals surface area contributed by atoms with Gasteiger partial charge in [-0.1, -0.05) is 42.5 Å². The van der Waals surface area contributed by atoms with Crippen LogP contribution in [0.2, 0.25) is 0 Å². The molecule has 0 aliphatic carbocycles. The zero-order chi connectivity index (χ0) is 35.2. The number of rotatable bonds is 6. The minimum atomic E-state index is -1.36. The van der Waals surface area contributed by atoms with Gasteiger partial charge in [0.25, 0.3) is 5.91 Å². The highest BCUT2D eigenvalue weighted by Crippen LogP contribution is 2.37. The molecule has 0 spiro atoms. The largest absolute Gasteiger partial charge is 0.497 e. The molecule has 11 nitrogen and oxygen atoms in total. The highest BCUT2D eigenvalue weighted by Gasteiger charge is 2.39. The third-order valence-electron chi connectivity index (χ3n) is 8.49. The van der Waals surface area contributed by atoms with Gasteiger partial charge >= 0.3 is 17.9 Å². The Labute approximate surface area is 284 Å². The Balaban J connectivity index is 1.61. The number of methoxy groups -OCH3 is 1. The van der Waals surface area contributed by atoms with E-state index in [-0.39, 0.29) is 0 Å². The van der Waals surface area contributed by atoms with Crippen molar-refractivity contribution in [3.05, 3.63) is 100 Å². The van der Waals surface area contributed by atoms with E-state index in [9.17, 15) is 14.4 Å². The lowest BCUT2D eigenvalue weighted by Gasteiger charge is -2.29. The Bertz CT molecular complexity index is 2120. The molecule has 1 aliphatic rings. The quantitative estimate of drug-likeness (QED) is 0.210. The van der Waals surface area contributed by atoms with Crippen molar-refractivity contribution in [1.29, 1.82) is 0 Å². The summed E-state index contributed by atoms with van der Waals surface area (Å²) in [7, 11) is 1.56. The van der Waals surface area contributed by atoms with Gasteiger partial charge in [0.05, 0.1) is 23.7 Å². The number of carbonyl (C=O) groups excluding carboxylic acids is 3. The van der Waals surface area contributed by atoms with Crippen molar-refractivity contribution in [3.63, 3.8) is 0 Å². The number of amides is 1. The molecule has 3 heterocycles. The lowest BCUT2D eigenvalue weighted by atomic mass is 9.84. The van der Waals surface area contributed by atoms with Crippen molar-refractivity contribution in [2.45, 2.75) is 84.1 Å². The maximum absolute atomic E-state index is 15.1. The summed E-state index contributed by atoms with van der Waals surface area (Å²) in [6, 6.07) is 18.6. The summed E-state index contributed by atoms with van der Waals surface area (Å²) in [5.74, 6) is -0.960. The fourth-order valence-corrected chi connectivity index (χ4v) is 6.58. The van der Waals surface area contributed by atoms with Gasteiger partial charge in [0.15, 0.2) is 0 Å². The molecule has 11 heteroatoms. The highest BCUT2D eigenvalue weighted by atomic mass is 16.6. The minimum absolute atomic E-state index is 0.466. The fraction of sp³-hybridized carbons (Fsp3) is 0.368. The first-order chi connectivity index (χ1) is 23.2. The van der Waals surface area contributed by atoms with Crippen LogP contribution in [0.3, 0.4) is 0 Å². The molecule has 2 aromatic heterocycles. The number of fused-ring (bicyclic) bond motifs is 1. The number of para-hydroxylation sites is 2. The number of aryl methyl sites for hydroxylation is 2. The van der Waals surface area contributed by atoms with E-state index < -0.39 is 46.9 Å². The van der Waals surface area contributed by atoms with E-state index in [1.807, 2.05) is 30.3 Å². The van der Waals surface area contributed by atoms with Gasteiger partial charge < -0.3 is 19.5 Å². The van der Waals surface area contributed by atoms with Gasteiger partial charge in [-0.25, -0.2) is 19.0 Å². The average molecular weight is 667 g/mol. The van der Waals surface area contributed by atoms with E-state index >= 15 is 4.79 Å². The molecule has 0 unspecified atom stereocenters. The van der Waals surface area contributed by atoms with Gasteiger partial charge in [-0.15, -0.1) is 0 Å². The first-order valence-corrected chi connectivity index (χ1v) is 16.4. The molecule has 1 amide bonds. The van der Waals surface area contributed by atoms with E-state index in [2.05, 4.69) is 5.32 Å². The summed E-state index contributed by atoms with van der Waals surface area (Å²) in [4.78, 5) is 56.3. The minimum Gasteiger partial charge on any atom is -0.497 e. The standard InChI is InChI=1S/C38H42N4O7/c1-37(2,3)48-34(44)39-31(33(43)42-29-16-10-12-24-13-11-21-40(32(24)29)35(42)45)30(23-17-19-25(47-7)20-18-23)27-22-41(36(46)49-38(4,5)6)28-15-9-8-14-26(27)28/h8-10,12,14-20,22,30-31H,11,13,21H2,1-7H3,(H,39,44)/t30-,31-/m0/s1. The number of carbonyl (C=O) groups is 3. The molecule has 3 aromatic carbocycles. The summed E-state index contributed by atoms with van der Waals surface area (Å²) >= 11 is 0. The number of nitrogens with one attached hydrogen (secondary N) is 1. The molecule has 5 aromatic rings. The van der Waals surface area contributed by atoms with Crippen LogP contribution < -0.4 is 15.7 Å². The number of hydrogen-bond acceptors (Lipinski definition) is 7.